The van der Waals surface area contributed by atoms with Crippen LogP contribution in [0.3, 0.4) is 0 Å². The lowest BCUT2D eigenvalue weighted by Gasteiger charge is -2.11. The first-order valence-corrected chi connectivity index (χ1v) is 18.2. The van der Waals surface area contributed by atoms with Crippen LogP contribution in [0.5, 0.6) is 0 Å². The Morgan fingerprint density at radius 3 is 1.55 bits per heavy atom. The standard InChI is InChI=1S/C48H30N2S/c1-2-10-35(11-3-1)50-43-15-7-4-12-37(43)39-25-20-33(29-46(39)50)32-22-27-45-42(28-32)38-13-5-8-16-44(38)49(45)36-23-18-31(19-24-36)34-21-26-41-40-14-6-9-17-47(40)51-48(41)30-34/h1-30H. The summed E-state index contributed by atoms with van der Waals surface area (Å²) >= 11 is 1.87. The number of hydrogen-bond donors (Lipinski definition) is 0. The SMILES string of the molecule is c1ccc(-n2c3ccccc3c3ccc(-c4ccc5c(c4)c4ccccc4n5-c4ccc(-c5ccc6c(c5)sc5ccccc56)cc4)cc32)cc1. The van der Waals surface area contributed by atoms with Gasteiger partial charge in [0.15, 0.2) is 0 Å². The first-order chi connectivity index (χ1) is 25.3. The second kappa shape index (κ2) is 11.0. The topological polar surface area (TPSA) is 9.86 Å². The number of nitrogens with zero attached hydrogens (tertiary/aromatic N) is 2. The Hall–Kier alpha value is -6.42. The zero-order valence-corrected chi connectivity index (χ0v) is 28.4. The zero-order valence-electron chi connectivity index (χ0n) is 27.6. The molecule has 0 unspecified atom stereocenters. The van der Waals surface area contributed by atoms with Crippen LogP contribution in [0.4, 0.5) is 0 Å². The van der Waals surface area contributed by atoms with E-state index in [-0.39, 0.29) is 0 Å². The minimum Gasteiger partial charge on any atom is -0.309 e. The van der Waals surface area contributed by atoms with Crippen LogP contribution < -0.4 is 0 Å². The van der Waals surface area contributed by atoms with Gasteiger partial charge in [-0.1, -0.05) is 115 Å². The molecule has 11 aromatic rings. The Morgan fingerprint density at radius 1 is 0.275 bits per heavy atom. The highest BCUT2D eigenvalue weighted by atomic mass is 32.1. The molecule has 8 aromatic carbocycles. The van der Waals surface area contributed by atoms with Crippen molar-refractivity contribution in [2.24, 2.45) is 0 Å². The van der Waals surface area contributed by atoms with Crippen molar-refractivity contribution in [1.82, 2.24) is 9.13 Å². The van der Waals surface area contributed by atoms with Gasteiger partial charge in [0.2, 0.25) is 0 Å². The summed E-state index contributed by atoms with van der Waals surface area (Å²) in [7, 11) is 0. The summed E-state index contributed by atoms with van der Waals surface area (Å²) in [5.74, 6) is 0. The predicted molar refractivity (Wildman–Crippen MR) is 219 cm³/mol. The summed E-state index contributed by atoms with van der Waals surface area (Å²) in [6, 6.07) is 66.7. The lowest BCUT2D eigenvalue weighted by atomic mass is 10.0. The van der Waals surface area contributed by atoms with Crippen molar-refractivity contribution in [3.63, 3.8) is 0 Å². The molecular formula is C48H30N2S. The van der Waals surface area contributed by atoms with Crippen molar-refractivity contribution in [3.05, 3.63) is 182 Å². The molecule has 11 rings (SSSR count). The van der Waals surface area contributed by atoms with Crippen LogP contribution in [-0.4, -0.2) is 9.13 Å². The molecule has 0 bridgehead atoms. The molecule has 2 nitrogen and oxygen atoms in total. The Balaban J connectivity index is 1.02. The molecule has 0 saturated heterocycles. The number of benzene rings is 8. The quantitative estimate of drug-likeness (QED) is 0.177. The van der Waals surface area contributed by atoms with E-state index in [4.69, 9.17) is 0 Å². The Bertz CT molecular complexity index is 3120. The molecule has 0 fully saturated rings. The lowest BCUT2D eigenvalue weighted by molar-refractivity contribution is 1.18. The van der Waals surface area contributed by atoms with Gasteiger partial charge in [0.25, 0.3) is 0 Å². The van der Waals surface area contributed by atoms with Crippen molar-refractivity contribution in [1.29, 1.82) is 0 Å². The largest absolute Gasteiger partial charge is 0.309 e. The smallest absolute Gasteiger partial charge is 0.0547 e. The average molecular weight is 667 g/mol. The molecular weight excluding hydrogens is 637 g/mol. The van der Waals surface area contributed by atoms with Gasteiger partial charge in [-0.15, -0.1) is 11.3 Å². The lowest BCUT2D eigenvalue weighted by Crippen LogP contribution is -1.94. The van der Waals surface area contributed by atoms with Crippen LogP contribution in [0.15, 0.2) is 182 Å². The zero-order chi connectivity index (χ0) is 33.5. The van der Waals surface area contributed by atoms with Crippen molar-refractivity contribution in [3.8, 4) is 33.6 Å². The summed E-state index contributed by atoms with van der Waals surface area (Å²) in [6.45, 7) is 0. The van der Waals surface area contributed by atoms with Gasteiger partial charge in [-0.3, -0.25) is 0 Å². The highest BCUT2D eigenvalue weighted by molar-refractivity contribution is 7.25. The molecule has 3 heteroatoms. The molecule has 51 heavy (non-hydrogen) atoms. The van der Waals surface area contributed by atoms with Crippen LogP contribution in [0, 0.1) is 0 Å². The van der Waals surface area contributed by atoms with Gasteiger partial charge in [0.1, 0.15) is 0 Å². The van der Waals surface area contributed by atoms with E-state index >= 15 is 0 Å². The normalized spacial score (nSPS) is 11.9. The summed E-state index contributed by atoms with van der Waals surface area (Å²) in [6.07, 6.45) is 0. The fourth-order valence-electron chi connectivity index (χ4n) is 8.14. The van der Waals surface area contributed by atoms with Gasteiger partial charge in [-0.2, -0.15) is 0 Å². The van der Waals surface area contributed by atoms with E-state index in [1.807, 2.05) is 11.3 Å². The maximum Gasteiger partial charge on any atom is 0.0547 e. The third kappa shape index (κ3) is 4.35. The minimum absolute atomic E-state index is 1.16. The molecule has 0 aliphatic carbocycles. The number of aromatic nitrogens is 2. The van der Waals surface area contributed by atoms with E-state index in [0.717, 1.165) is 5.69 Å². The number of fused-ring (bicyclic) bond motifs is 9. The van der Waals surface area contributed by atoms with Crippen molar-refractivity contribution in [2.45, 2.75) is 0 Å². The van der Waals surface area contributed by atoms with Gasteiger partial charge < -0.3 is 9.13 Å². The number of para-hydroxylation sites is 3. The first kappa shape index (κ1) is 28.4. The van der Waals surface area contributed by atoms with E-state index in [1.165, 1.54) is 91.7 Å². The third-order valence-corrected chi connectivity index (χ3v) is 11.7. The summed E-state index contributed by atoms with van der Waals surface area (Å²) in [5.41, 5.74) is 12.1. The summed E-state index contributed by atoms with van der Waals surface area (Å²) in [5, 5.41) is 7.72. The first-order valence-electron chi connectivity index (χ1n) is 17.4. The second-order valence-electron chi connectivity index (χ2n) is 13.4. The highest BCUT2D eigenvalue weighted by Gasteiger charge is 2.16. The van der Waals surface area contributed by atoms with Crippen LogP contribution in [0.2, 0.25) is 0 Å². The van der Waals surface area contributed by atoms with Crippen LogP contribution >= 0.6 is 11.3 Å². The van der Waals surface area contributed by atoms with Gasteiger partial charge >= 0.3 is 0 Å². The van der Waals surface area contributed by atoms with Crippen molar-refractivity contribution >= 4 is 75.1 Å². The maximum atomic E-state index is 2.41. The molecule has 3 aromatic heterocycles. The molecule has 0 atom stereocenters. The number of hydrogen-bond acceptors (Lipinski definition) is 1. The molecule has 0 N–H and O–H groups in total. The van der Waals surface area contributed by atoms with Crippen molar-refractivity contribution in [2.75, 3.05) is 0 Å². The Kier molecular flexibility index (Phi) is 6.16. The summed E-state index contributed by atoms with van der Waals surface area (Å²) in [4.78, 5) is 0. The predicted octanol–water partition coefficient (Wildman–Crippen LogP) is 13.6. The van der Waals surface area contributed by atoms with Crippen molar-refractivity contribution < 1.29 is 0 Å². The van der Waals surface area contributed by atoms with E-state index < -0.39 is 0 Å². The van der Waals surface area contributed by atoms with E-state index in [2.05, 4.69) is 191 Å². The van der Waals surface area contributed by atoms with E-state index in [0.29, 0.717) is 0 Å². The van der Waals surface area contributed by atoms with E-state index in [1.54, 1.807) is 0 Å². The molecule has 0 spiro atoms. The van der Waals surface area contributed by atoms with Gasteiger partial charge in [0.05, 0.1) is 22.1 Å². The minimum atomic E-state index is 1.16. The van der Waals surface area contributed by atoms with Gasteiger partial charge in [0, 0.05) is 53.1 Å². The monoisotopic (exact) mass is 666 g/mol. The molecule has 238 valence electrons. The molecule has 0 radical (unpaired) electrons. The Morgan fingerprint density at radius 2 is 0.765 bits per heavy atom. The van der Waals surface area contributed by atoms with Gasteiger partial charge in [-0.25, -0.2) is 0 Å². The average Bonchev–Trinajstić information content (AvgIpc) is 3.85. The summed E-state index contributed by atoms with van der Waals surface area (Å²) < 4.78 is 7.47. The molecule has 0 aliphatic heterocycles. The van der Waals surface area contributed by atoms with Crippen LogP contribution in [0.1, 0.15) is 0 Å². The molecule has 0 aliphatic rings. The maximum absolute atomic E-state index is 2.41. The van der Waals surface area contributed by atoms with Crippen LogP contribution in [0.25, 0.3) is 97.4 Å². The third-order valence-electron chi connectivity index (χ3n) is 10.5. The Labute approximate surface area is 298 Å². The van der Waals surface area contributed by atoms with Crippen LogP contribution in [-0.2, 0) is 0 Å². The fraction of sp³-hybridized carbons (Fsp3) is 0. The fourth-order valence-corrected chi connectivity index (χ4v) is 9.29. The van der Waals surface area contributed by atoms with E-state index in [9.17, 15) is 0 Å². The molecule has 3 heterocycles. The number of rotatable bonds is 4. The molecule has 0 amide bonds. The second-order valence-corrected chi connectivity index (χ2v) is 14.4. The molecule has 0 saturated carbocycles. The number of thiophene rings is 1. The highest BCUT2D eigenvalue weighted by Crippen LogP contribution is 2.39. The van der Waals surface area contributed by atoms with Gasteiger partial charge in [-0.05, 0) is 89.0 Å².